The van der Waals surface area contributed by atoms with Gasteiger partial charge < -0.3 is 15.4 Å². The molecule has 1 aliphatic heterocycles. The van der Waals surface area contributed by atoms with Crippen molar-refractivity contribution >= 4 is 5.91 Å². The first-order valence-corrected chi connectivity index (χ1v) is 5.39. The van der Waals surface area contributed by atoms with Crippen molar-refractivity contribution in [2.24, 2.45) is 5.73 Å². The SMILES string of the molecule is COc1cccc(C(=O)N2CCC(N)C2)c1. The number of nitrogens with two attached hydrogens (primary N) is 1. The number of amides is 1. The van der Waals surface area contributed by atoms with E-state index in [0.29, 0.717) is 17.9 Å². The van der Waals surface area contributed by atoms with Gasteiger partial charge in [-0.2, -0.15) is 0 Å². The molecule has 1 atom stereocenters. The molecule has 1 aromatic rings. The van der Waals surface area contributed by atoms with Crippen molar-refractivity contribution in [1.82, 2.24) is 4.90 Å². The Morgan fingerprint density at radius 1 is 1.56 bits per heavy atom. The molecule has 16 heavy (non-hydrogen) atoms. The van der Waals surface area contributed by atoms with Crippen LogP contribution >= 0.6 is 0 Å². The number of carbonyl (C=O) groups excluding carboxylic acids is 1. The maximum Gasteiger partial charge on any atom is 0.254 e. The highest BCUT2D eigenvalue weighted by atomic mass is 16.5. The third kappa shape index (κ3) is 2.17. The van der Waals surface area contributed by atoms with Crippen molar-refractivity contribution in [3.63, 3.8) is 0 Å². The Bertz CT molecular complexity index is 392. The predicted molar refractivity (Wildman–Crippen MR) is 61.5 cm³/mol. The topological polar surface area (TPSA) is 55.6 Å². The molecule has 2 rings (SSSR count). The molecule has 2 N–H and O–H groups in total. The first-order valence-electron chi connectivity index (χ1n) is 5.39. The van der Waals surface area contributed by atoms with Crippen molar-refractivity contribution in [1.29, 1.82) is 0 Å². The van der Waals surface area contributed by atoms with Crippen LogP contribution in [0.25, 0.3) is 0 Å². The predicted octanol–water partition coefficient (Wildman–Crippen LogP) is 0.868. The van der Waals surface area contributed by atoms with Crippen LogP contribution in [0.5, 0.6) is 5.75 Å². The van der Waals surface area contributed by atoms with Gasteiger partial charge in [0.25, 0.3) is 5.91 Å². The minimum atomic E-state index is 0.0341. The average molecular weight is 220 g/mol. The Kier molecular flexibility index (Phi) is 3.10. The summed E-state index contributed by atoms with van der Waals surface area (Å²) in [6.07, 6.45) is 0.885. The van der Waals surface area contributed by atoms with Crippen LogP contribution in [0.4, 0.5) is 0 Å². The molecular weight excluding hydrogens is 204 g/mol. The number of carbonyl (C=O) groups is 1. The molecule has 1 fully saturated rings. The highest BCUT2D eigenvalue weighted by Crippen LogP contribution is 2.16. The molecule has 1 unspecified atom stereocenters. The lowest BCUT2D eigenvalue weighted by molar-refractivity contribution is 0.0790. The quantitative estimate of drug-likeness (QED) is 0.804. The van der Waals surface area contributed by atoms with Crippen LogP contribution in [0, 0.1) is 0 Å². The number of nitrogens with zero attached hydrogens (tertiary/aromatic N) is 1. The zero-order valence-corrected chi connectivity index (χ0v) is 9.35. The maximum atomic E-state index is 12.1. The molecule has 86 valence electrons. The van der Waals surface area contributed by atoms with E-state index in [-0.39, 0.29) is 11.9 Å². The number of hydrogen-bond acceptors (Lipinski definition) is 3. The van der Waals surface area contributed by atoms with E-state index in [4.69, 9.17) is 10.5 Å². The van der Waals surface area contributed by atoms with E-state index in [2.05, 4.69) is 0 Å². The highest BCUT2D eigenvalue weighted by Gasteiger charge is 2.24. The van der Waals surface area contributed by atoms with Gasteiger partial charge in [0.1, 0.15) is 5.75 Å². The van der Waals surface area contributed by atoms with Crippen molar-refractivity contribution < 1.29 is 9.53 Å². The minimum absolute atomic E-state index is 0.0341. The summed E-state index contributed by atoms with van der Waals surface area (Å²) in [6.45, 7) is 1.40. The largest absolute Gasteiger partial charge is 0.497 e. The van der Waals surface area contributed by atoms with Gasteiger partial charge in [0.05, 0.1) is 7.11 Å². The lowest BCUT2D eigenvalue weighted by Gasteiger charge is -2.16. The highest BCUT2D eigenvalue weighted by molar-refractivity contribution is 5.94. The summed E-state index contributed by atoms with van der Waals surface area (Å²) in [6, 6.07) is 7.32. The van der Waals surface area contributed by atoms with Gasteiger partial charge in [-0.1, -0.05) is 6.07 Å². The van der Waals surface area contributed by atoms with E-state index in [0.717, 1.165) is 13.0 Å². The number of ether oxygens (including phenoxy) is 1. The molecule has 1 aromatic carbocycles. The third-order valence-corrected chi connectivity index (χ3v) is 2.83. The van der Waals surface area contributed by atoms with Gasteiger partial charge in [-0.15, -0.1) is 0 Å². The Hall–Kier alpha value is -1.55. The van der Waals surface area contributed by atoms with Gasteiger partial charge in [-0.25, -0.2) is 0 Å². The van der Waals surface area contributed by atoms with Gasteiger partial charge >= 0.3 is 0 Å². The van der Waals surface area contributed by atoms with E-state index in [1.165, 1.54) is 0 Å². The summed E-state index contributed by atoms with van der Waals surface area (Å²) < 4.78 is 5.09. The molecule has 0 bridgehead atoms. The Morgan fingerprint density at radius 2 is 2.38 bits per heavy atom. The number of hydrogen-bond donors (Lipinski definition) is 1. The standard InChI is InChI=1S/C12H16N2O2/c1-16-11-4-2-3-9(7-11)12(15)14-6-5-10(13)8-14/h2-4,7,10H,5-6,8,13H2,1H3. The molecule has 4 heteroatoms. The van der Waals surface area contributed by atoms with Crippen LogP contribution in [0.1, 0.15) is 16.8 Å². The molecule has 0 spiro atoms. The summed E-state index contributed by atoms with van der Waals surface area (Å²) in [5.74, 6) is 0.737. The fraction of sp³-hybridized carbons (Fsp3) is 0.417. The number of benzene rings is 1. The number of likely N-dealkylation sites (tertiary alicyclic amines) is 1. The van der Waals surface area contributed by atoms with Crippen LogP contribution in [0.15, 0.2) is 24.3 Å². The Labute approximate surface area is 95.0 Å². The van der Waals surface area contributed by atoms with E-state index in [1.54, 1.807) is 24.1 Å². The Balaban J connectivity index is 2.14. The third-order valence-electron chi connectivity index (χ3n) is 2.83. The van der Waals surface area contributed by atoms with Gasteiger partial charge in [0, 0.05) is 24.7 Å². The van der Waals surface area contributed by atoms with Crippen LogP contribution in [-0.4, -0.2) is 37.0 Å². The van der Waals surface area contributed by atoms with Crippen molar-refractivity contribution in [3.8, 4) is 5.75 Å². The first kappa shape index (κ1) is 11.0. The van der Waals surface area contributed by atoms with Crippen molar-refractivity contribution in [3.05, 3.63) is 29.8 Å². The second-order valence-corrected chi connectivity index (χ2v) is 4.03. The van der Waals surface area contributed by atoms with Crippen LogP contribution < -0.4 is 10.5 Å². The summed E-state index contributed by atoms with van der Waals surface area (Å²) in [4.78, 5) is 13.9. The molecule has 1 heterocycles. The van der Waals surface area contributed by atoms with E-state index < -0.39 is 0 Å². The fourth-order valence-corrected chi connectivity index (χ4v) is 1.91. The first-order chi connectivity index (χ1) is 7.70. The lowest BCUT2D eigenvalue weighted by atomic mass is 10.2. The van der Waals surface area contributed by atoms with Crippen LogP contribution in [-0.2, 0) is 0 Å². The van der Waals surface area contributed by atoms with Gasteiger partial charge in [0.15, 0.2) is 0 Å². The molecule has 1 amide bonds. The summed E-state index contributed by atoms with van der Waals surface area (Å²) in [5, 5.41) is 0. The van der Waals surface area contributed by atoms with Gasteiger partial charge in [-0.3, -0.25) is 4.79 Å². The van der Waals surface area contributed by atoms with Gasteiger partial charge in [-0.05, 0) is 24.6 Å². The van der Waals surface area contributed by atoms with Gasteiger partial charge in [0.2, 0.25) is 0 Å². The molecule has 0 aromatic heterocycles. The monoisotopic (exact) mass is 220 g/mol. The minimum Gasteiger partial charge on any atom is -0.497 e. The number of rotatable bonds is 2. The molecule has 1 saturated heterocycles. The zero-order valence-electron chi connectivity index (χ0n) is 9.35. The molecule has 4 nitrogen and oxygen atoms in total. The van der Waals surface area contributed by atoms with Crippen molar-refractivity contribution in [2.75, 3.05) is 20.2 Å². The normalized spacial score (nSPS) is 19.9. The van der Waals surface area contributed by atoms with E-state index in [1.807, 2.05) is 12.1 Å². The molecule has 1 aliphatic rings. The second kappa shape index (κ2) is 4.53. The average Bonchev–Trinajstić information content (AvgIpc) is 2.75. The van der Waals surface area contributed by atoms with Crippen LogP contribution in [0.2, 0.25) is 0 Å². The molecular formula is C12H16N2O2. The summed E-state index contributed by atoms with van der Waals surface area (Å²) >= 11 is 0. The Morgan fingerprint density at radius 3 is 3.00 bits per heavy atom. The number of methoxy groups -OCH3 is 1. The fourth-order valence-electron chi connectivity index (χ4n) is 1.91. The summed E-state index contributed by atoms with van der Waals surface area (Å²) in [5.41, 5.74) is 6.44. The molecule has 0 saturated carbocycles. The summed E-state index contributed by atoms with van der Waals surface area (Å²) in [7, 11) is 1.59. The zero-order chi connectivity index (χ0) is 11.5. The van der Waals surface area contributed by atoms with E-state index in [9.17, 15) is 4.79 Å². The van der Waals surface area contributed by atoms with E-state index >= 15 is 0 Å². The molecule has 0 radical (unpaired) electrons. The molecule has 0 aliphatic carbocycles. The smallest absolute Gasteiger partial charge is 0.254 e. The van der Waals surface area contributed by atoms with Crippen LogP contribution in [0.3, 0.4) is 0 Å². The second-order valence-electron chi connectivity index (χ2n) is 4.03. The van der Waals surface area contributed by atoms with Crippen molar-refractivity contribution in [2.45, 2.75) is 12.5 Å². The lowest BCUT2D eigenvalue weighted by Crippen LogP contribution is -2.31. The maximum absolute atomic E-state index is 12.1.